The van der Waals surface area contributed by atoms with Gasteiger partial charge in [0.2, 0.25) is 0 Å². The van der Waals surface area contributed by atoms with Crippen LogP contribution in [-0.4, -0.2) is 19.9 Å². The largest absolute Gasteiger partial charge is 0.455 e. The topological polar surface area (TPSA) is 64.7 Å². The van der Waals surface area contributed by atoms with E-state index in [0.29, 0.717) is 17.5 Å². The Morgan fingerprint density at radius 1 is 0.314 bits per heavy atom. The van der Waals surface area contributed by atoms with Gasteiger partial charge >= 0.3 is 0 Å². The van der Waals surface area contributed by atoms with Crippen LogP contribution in [0.2, 0.25) is 0 Å². The van der Waals surface area contributed by atoms with E-state index in [1.807, 2.05) is 72.8 Å². The first-order chi connectivity index (χ1) is 25.3. The summed E-state index contributed by atoms with van der Waals surface area (Å²) in [7, 11) is 0. The van der Waals surface area contributed by atoms with E-state index in [2.05, 4.69) is 97.1 Å². The van der Waals surface area contributed by atoms with Crippen LogP contribution in [0, 0.1) is 0 Å². The predicted molar refractivity (Wildman–Crippen MR) is 207 cm³/mol. The monoisotopic (exact) mass is 652 g/mol. The lowest BCUT2D eigenvalue weighted by molar-refractivity contribution is 0.671. The molecule has 0 radical (unpaired) electrons. The third-order valence-electron chi connectivity index (χ3n) is 9.50. The van der Waals surface area contributed by atoms with Crippen molar-refractivity contribution < 1.29 is 4.42 Å². The molecule has 238 valence electrons. The molecule has 0 saturated carbocycles. The number of hydrogen-bond acceptors (Lipinski definition) is 5. The summed E-state index contributed by atoms with van der Waals surface area (Å²) < 4.78 is 6.97. The van der Waals surface area contributed by atoms with Gasteiger partial charge in [0.1, 0.15) is 11.2 Å². The smallest absolute Gasteiger partial charge is 0.164 e. The van der Waals surface area contributed by atoms with Crippen molar-refractivity contribution in [3.63, 3.8) is 0 Å². The number of rotatable bonds is 5. The summed E-state index contributed by atoms with van der Waals surface area (Å²) in [6, 6.07) is 57.9. The lowest BCUT2D eigenvalue weighted by atomic mass is 9.96. The molecule has 0 bridgehead atoms. The Bertz CT molecular complexity index is 2840. The van der Waals surface area contributed by atoms with E-state index < -0.39 is 0 Å². The highest BCUT2D eigenvalue weighted by molar-refractivity contribution is 6.18. The van der Waals surface area contributed by atoms with E-state index in [-0.39, 0.29) is 0 Å². The van der Waals surface area contributed by atoms with E-state index in [9.17, 15) is 0 Å². The zero-order valence-corrected chi connectivity index (χ0v) is 27.4. The van der Waals surface area contributed by atoms with Gasteiger partial charge in [-0.2, -0.15) is 0 Å². The average Bonchev–Trinajstić information content (AvgIpc) is 3.60. The van der Waals surface area contributed by atoms with Gasteiger partial charge in [0.05, 0.1) is 11.2 Å². The van der Waals surface area contributed by atoms with Crippen LogP contribution in [0.1, 0.15) is 0 Å². The number of pyridine rings is 1. The van der Waals surface area contributed by atoms with Crippen molar-refractivity contribution in [2.75, 3.05) is 0 Å². The molecule has 5 heteroatoms. The normalized spacial score (nSPS) is 11.5. The van der Waals surface area contributed by atoms with Gasteiger partial charge in [-0.3, -0.25) is 0 Å². The third-order valence-corrected chi connectivity index (χ3v) is 9.50. The number of fused-ring (bicyclic) bond motifs is 6. The molecule has 0 saturated heterocycles. The van der Waals surface area contributed by atoms with Gasteiger partial charge in [-0.05, 0) is 29.1 Å². The molecule has 0 aliphatic heterocycles. The van der Waals surface area contributed by atoms with Crippen molar-refractivity contribution in [3.05, 3.63) is 170 Å². The minimum absolute atomic E-state index is 0.574. The number of para-hydroxylation sites is 2. The van der Waals surface area contributed by atoms with Gasteiger partial charge in [-0.1, -0.05) is 152 Å². The third kappa shape index (κ3) is 4.94. The minimum Gasteiger partial charge on any atom is -0.455 e. The summed E-state index contributed by atoms with van der Waals surface area (Å²) >= 11 is 0. The second-order valence-electron chi connectivity index (χ2n) is 12.6. The lowest BCUT2D eigenvalue weighted by Crippen LogP contribution is -2.00. The molecule has 0 spiro atoms. The fourth-order valence-electron chi connectivity index (χ4n) is 7.10. The van der Waals surface area contributed by atoms with Crippen molar-refractivity contribution in [3.8, 4) is 56.5 Å². The average molecular weight is 653 g/mol. The predicted octanol–water partition coefficient (Wildman–Crippen LogP) is 11.8. The van der Waals surface area contributed by atoms with Gasteiger partial charge < -0.3 is 4.42 Å². The highest BCUT2D eigenvalue weighted by Gasteiger charge is 2.22. The molecule has 3 heterocycles. The Balaban J connectivity index is 1.32. The Morgan fingerprint density at radius 2 is 0.824 bits per heavy atom. The van der Waals surface area contributed by atoms with Crippen LogP contribution in [0.4, 0.5) is 0 Å². The molecular formula is C46H28N4O. The van der Waals surface area contributed by atoms with Gasteiger partial charge in [0, 0.05) is 49.4 Å². The molecule has 0 amide bonds. The fourth-order valence-corrected chi connectivity index (χ4v) is 7.10. The van der Waals surface area contributed by atoms with Gasteiger partial charge in [0.15, 0.2) is 17.5 Å². The van der Waals surface area contributed by atoms with Crippen molar-refractivity contribution in [2.24, 2.45) is 0 Å². The highest BCUT2D eigenvalue weighted by Crippen LogP contribution is 2.44. The zero-order valence-electron chi connectivity index (χ0n) is 27.4. The van der Waals surface area contributed by atoms with Crippen LogP contribution in [0.25, 0.3) is 100 Å². The van der Waals surface area contributed by atoms with E-state index in [4.69, 9.17) is 24.4 Å². The van der Waals surface area contributed by atoms with Gasteiger partial charge in [0.25, 0.3) is 0 Å². The van der Waals surface area contributed by atoms with Crippen LogP contribution in [0.3, 0.4) is 0 Å². The van der Waals surface area contributed by atoms with Crippen LogP contribution in [0.15, 0.2) is 174 Å². The number of nitrogens with zero attached hydrogens (tertiary/aromatic N) is 4. The molecule has 0 unspecified atom stereocenters. The zero-order chi connectivity index (χ0) is 33.7. The van der Waals surface area contributed by atoms with E-state index >= 15 is 0 Å². The summed E-state index contributed by atoms with van der Waals surface area (Å²) in [6.07, 6.45) is 0. The van der Waals surface area contributed by atoms with Crippen molar-refractivity contribution in [1.82, 2.24) is 19.9 Å². The molecule has 3 aromatic heterocycles. The fraction of sp³-hybridized carbons (Fsp3) is 0. The van der Waals surface area contributed by atoms with Crippen LogP contribution < -0.4 is 0 Å². The molecule has 51 heavy (non-hydrogen) atoms. The second-order valence-corrected chi connectivity index (χ2v) is 12.6. The van der Waals surface area contributed by atoms with Crippen LogP contribution >= 0.6 is 0 Å². The SMILES string of the molecule is c1ccc(-c2nc(-c3ccccc3)nc(-c3cc(-c4nc5ccccc5c5ccccc45)c4oc5c(-c6ccccc6)cccc5c4c3)n2)cc1. The van der Waals surface area contributed by atoms with E-state index in [1.54, 1.807) is 0 Å². The van der Waals surface area contributed by atoms with E-state index in [1.165, 1.54) is 0 Å². The van der Waals surface area contributed by atoms with Crippen molar-refractivity contribution in [1.29, 1.82) is 0 Å². The molecule has 0 atom stereocenters. The first-order valence-corrected chi connectivity index (χ1v) is 17.0. The maximum atomic E-state index is 6.97. The summed E-state index contributed by atoms with van der Waals surface area (Å²) in [5, 5.41) is 5.27. The maximum absolute atomic E-state index is 6.97. The second kappa shape index (κ2) is 11.9. The Morgan fingerprint density at radius 3 is 1.49 bits per heavy atom. The number of benzene rings is 7. The number of furan rings is 1. The summed E-state index contributed by atoms with van der Waals surface area (Å²) in [4.78, 5) is 20.5. The molecule has 0 N–H and O–H groups in total. The summed E-state index contributed by atoms with van der Waals surface area (Å²) in [6.45, 7) is 0. The van der Waals surface area contributed by atoms with Crippen molar-refractivity contribution >= 4 is 43.6 Å². The van der Waals surface area contributed by atoms with Crippen molar-refractivity contribution in [2.45, 2.75) is 0 Å². The molecular weight excluding hydrogens is 625 g/mol. The molecule has 5 nitrogen and oxygen atoms in total. The lowest BCUT2D eigenvalue weighted by Gasteiger charge is -2.13. The highest BCUT2D eigenvalue weighted by atomic mass is 16.3. The van der Waals surface area contributed by atoms with Gasteiger partial charge in [-0.25, -0.2) is 19.9 Å². The molecule has 0 aliphatic rings. The molecule has 10 rings (SSSR count). The standard InChI is InChI=1S/C46H28N4O/c1-4-15-29(16-5-1)33-24-14-25-37-38-27-32(46-49-44(30-17-6-2-7-18-30)48-45(50-46)31-19-8-3-9-20-31)28-39(43(38)51-42(33)37)41-36-23-11-10-21-34(36)35-22-12-13-26-40(35)47-41/h1-28H. The number of hydrogen-bond donors (Lipinski definition) is 0. The minimum atomic E-state index is 0.574. The Kier molecular flexibility index (Phi) is 6.74. The molecule has 0 fully saturated rings. The van der Waals surface area contributed by atoms with Crippen LogP contribution in [-0.2, 0) is 0 Å². The Hall–Kier alpha value is -6.98. The molecule has 10 aromatic rings. The summed E-state index contributed by atoms with van der Waals surface area (Å²) in [5.74, 6) is 1.79. The maximum Gasteiger partial charge on any atom is 0.164 e. The van der Waals surface area contributed by atoms with Gasteiger partial charge in [-0.15, -0.1) is 0 Å². The number of aromatic nitrogens is 4. The van der Waals surface area contributed by atoms with E-state index in [0.717, 1.165) is 82.7 Å². The Labute approximate surface area is 293 Å². The van der Waals surface area contributed by atoms with Crippen LogP contribution in [0.5, 0.6) is 0 Å². The molecule has 7 aromatic carbocycles. The first-order valence-electron chi connectivity index (χ1n) is 17.0. The summed E-state index contributed by atoms with van der Waals surface area (Å²) in [5.41, 5.74) is 9.05. The molecule has 0 aliphatic carbocycles. The first kappa shape index (κ1) is 29.0. The quantitative estimate of drug-likeness (QED) is 0.173.